The van der Waals surface area contributed by atoms with Crippen molar-refractivity contribution in [3.63, 3.8) is 0 Å². The summed E-state index contributed by atoms with van der Waals surface area (Å²) in [5.74, 6) is -0.202. The lowest BCUT2D eigenvalue weighted by atomic mass is 9.89. The van der Waals surface area contributed by atoms with Crippen LogP contribution in [0.1, 0.15) is 29.5 Å². The molecule has 0 aromatic heterocycles. The summed E-state index contributed by atoms with van der Waals surface area (Å²) in [6.07, 6.45) is 1.74. The van der Waals surface area contributed by atoms with Crippen LogP contribution in [0.25, 0.3) is 0 Å². The number of nitriles is 1. The highest BCUT2D eigenvalue weighted by Crippen LogP contribution is 2.50. The Morgan fingerprint density at radius 3 is 2.50 bits per heavy atom. The van der Waals surface area contributed by atoms with E-state index in [1.54, 1.807) is 13.0 Å². The molecule has 1 aliphatic rings. The summed E-state index contributed by atoms with van der Waals surface area (Å²) in [5, 5.41) is 9.08. The largest absolute Gasteiger partial charge is 0.207 e. The Morgan fingerprint density at radius 1 is 1.36 bits per heavy atom. The predicted molar refractivity (Wildman–Crippen MR) is 52.4 cm³/mol. The topological polar surface area (TPSA) is 23.8 Å². The second-order valence-electron chi connectivity index (χ2n) is 4.06. The highest BCUT2D eigenvalue weighted by molar-refractivity contribution is 5.48. The van der Waals surface area contributed by atoms with Crippen molar-refractivity contribution in [1.29, 1.82) is 5.26 Å². The SMILES string of the molecule is Cc1ccc(F)c(C)c1C1(C#N)CC1. The van der Waals surface area contributed by atoms with Crippen molar-refractivity contribution < 1.29 is 4.39 Å². The van der Waals surface area contributed by atoms with Crippen LogP contribution in [0.2, 0.25) is 0 Å². The Labute approximate surface area is 83.2 Å². The fourth-order valence-corrected chi connectivity index (χ4v) is 2.10. The Kier molecular flexibility index (Phi) is 1.85. The van der Waals surface area contributed by atoms with E-state index in [1.165, 1.54) is 6.07 Å². The van der Waals surface area contributed by atoms with Gasteiger partial charge in [0.05, 0.1) is 11.5 Å². The third kappa shape index (κ3) is 1.13. The maximum Gasteiger partial charge on any atom is 0.126 e. The van der Waals surface area contributed by atoms with Crippen LogP contribution in [0.4, 0.5) is 4.39 Å². The Hall–Kier alpha value is -1.36. The monoisotopic (exact) mass is 189 g/mol. The zero-order valence-electron chi connectivity index (χ0n) is 8.39. The number of hydrogen-bond donors (Lipinski definition) is 0. The first-order valence-electron chi connectivity index (χ1n) is 4.78. The Morgan fingerprint density at radius 2 is 2.00 bits per heavy atom. The zero-order valence-corrected chi connectivity index (χ0v) is 8.39. The molecule has 0 saturated heterocycles. The van der Waals surface area contributed by atoms with Gasteiger partial charge in [-0.2, -0.15) is 5.26 Å². The van der Waals surface area contributed by atoms with Crippen molar-refractivity contribution in [3.8, 4) is 6.07 Å². The molecule has 0 atom stereocenters. The van der Waals surface area contributed by atoms with Crippen LogP contribution in [-0.2, 0) is 5.41 Å². The summed E-state index contributed by atoms with van der Waals surface area (Å²) in [6.45, 7) is 3.70. The van der Waals surface area contributed by atoms with Gasteiger partial charge in [-0.25, -0.2) is 4.39 Å². The van der Waals surface area contributed by atoms with Gasteiger partial charge in [-0.1, -0.05) is 6.07 Å². The highest BCUT2D eigenvalue weighted by Gasteiger charge is 2.47. The summed E-state index contributed by atoms with van der Waals surface area (Å²) in [5.41, 5.74) is 2.21. The van der Waals surface area contributed by atoms with Gasteiger partial charge in [-0.15, -0.1) is 0 Å². The molecule has 0 bridgehead atoms. The van der Waals surface area contributed by atoms with Gasteiger partial charge in [-0.05, 0) is 49.4 Å². The number of benzene rings is 1. The van der Waals surface area contributed by atoms with Gasteiger partial charge in [0.25, 0.3) is 0 Å². The van der Waals surface area contributed by atoms with Crippen LogP contribution in [-0.4, -0.2) is 0 Å². The van der Waals surface area contributed by atoms with E-state index in [2.05, 4.69) is 6.07 Å². The lowest BCUT2D eigenvalue weighted by molar-refractivity contribution is 0.612. The maximum atomic E-state index is 13.3. The van der Waals surface area contributed by atoms with Gasteiger partial charge >= 0.3 is 0 Å². The van der Waals surface area contributed by atoms with Gasteiger partial charge in [-0.3, -0.25) is 0 Å². The molecule has 14 heavy (non-hydrogen) atoms. The van der Waals surface area contributed by atoms with E-state index in [0.29, 0.717) is 5.56 Å². The standard InChI is InChI=1S/C12H12FN/c1-8-3-4-10(13)9(2)11(8)12(7-14)5-6-12/h3-4H,5-6H2,1-2H3. The molecule has 0 spiro atoms. The van der Waals surface area contributed by atoms with E-state index in [1.807, 2.05) is 6.92 Å². The fourth-order valence-electron chi connectivity index (χ4n) is 2.10. The molecule has 0 amide bonds. The average Bonchev–Trinajstić information content (AvgIpc) is 2.93. The molecule has 1 aromatic carbocycles. The van der Waals surface area contributed by atoms with E-state index in [9.17, 15) is 4.39 Å². The molecule has 2 heteroatoms. The second kappa shape index (κ2) is 2.81. The molecule has 0 heterocycles. The van der Waals surface area contributed by atoms with Gasteiger partial charge in [0, 0.05) is 0 Å². The fraction of sp³-hybridized carbons (Fsp3) is 0.417. The molecule has 1 saturated carbocycles. The van der Waals surface area contributed by atoms with E-state index in [-0.39, 0.29) is 11.2 Å². The summed E-state index contributed by atoms with van der Waals surface area (Å²) in [7, 11) is 0. The third-order valence-corrected chi connectivity index (χ3v) is 3.05. The van der Waals surface area contributed by atoms with E-state index in [0.717, 1.165) is 24.0 Å². The molecule has 0 N–H and O–H groups in total. The first-order valence-corrected chi connectivity index (χ1v) is 4.78. The van der Waals surface area contributed by atoms with Crippen molar-refractivity contribution in [3.05, 3.63) is 34.6 Å². The molecule has 2 rings (SSSR count). The predicted octanol–water partition coefficient (Wildman–Crippen LogP) is 3.00. The molecule has 0 aliphatic heterocycles. The summed E-state index contributed by atoms with van der Waals surface area (Å²) in [6, 6.07) is 5.54. The van der Waals surface area contributed by atoms with E-state index < -0.39 is 0 Å². The molecule has 1 fully saturated rings. The quantitative estimate of drug-likeness (QED) is 0.666. The lowest BCUT2D eigenvalue weighted by Crippen LogP contribution is -2.09. The van der Waals surface area contributed by atoms with Gasteiger partial charge < -0.3 is 0 Å². The van der Waals surface area contributed by atoms with Crippen molar-refractivity contribution in [2.75, 3.05) is 0 Å². The normalized spacial score (nSPS) is 17.6. The molecular weight excluding hydrogens is 177 g/mol. The number of halogens is 1. The number of nitrogens with zero attached hydrogens (tertiary/aromatic N) is 1. The molecule has 72 valence electrons. The first kappa shape index (κ1) is 9.21. The van der Waals surface area contributed by atoms with Gasteiger partial charge in [0.1, 0.15) is 5.82 Å². The second-order valence-corrected chi connectivity index (χ2v) is 4.06. The Bertz CT molecular complexity index is 425. The molecule has 0 radical (unpaired) electrons. The highest BCUT2D eigenvalue weighted by atomic mass is 19.1. The molecular formula is C12H12FN. The van der Waals surface area contributed by atoms with Crippen molar-refractivity contribution >= 4 is 0 Å². The Balaban J connectivity index is 2.64. The number of aryl methyl sites for hydroxylation is 1. The van der Waals surface area contributed by atoms with Crippen LogP contribution < -0.4 is 0 Å². The minimum absolute atomic E-state index is 0.202. The molecule has 1 aromatic rings. The van der Waals surface area contributed by atoms with Gasteiger partial charge in [0.2, 0.25) is 0 Å². The van der Waals surface area contributed by atoms with Crippen molar-refractivity contribution in [2.45, 2.75) is 32.1 Å². The minimum Gasteiger partial charge on any atom is -0.207 e. The average molecular weight is 189 g/mol. The van der Waals surface area contributed by atoms with Crippen LogP contribution in [0, 0.1) is 31.0 Å². The smallest absolute Gasteiger partial charge is 0.126 e. The maximum absolute atomic E-state index is 13.3. The molecule has 0 unspecified atom stereocenters. The first-order chi connectivity index (χ1) is 6.60. The van der Waals surface area contributed by atoms with E-state index in [4.69, 9.17) is 5.26 Å². The van der Waals surface area contributed by atoms with E-state index >= 15 is 0 Å². The zero-order chi connectivity index (χ0) is 10.3. The summed E-state index contributed by atoms with van der Waals surface area (Å²) < 4.78 is 13.3. The molecule has 1 aliphatic carbocycles. The van der Waals surface area contributed by atoms with Gasteiger partial charge in [0.15, 0.2) is 0 Å². The van der Waals surface area contributed by atoms with Crippen LogP contribution in [0.15, 0.2) is 12.1 Å². The van der Waals surface area contributed by atoms with Crippen molar-refractivity contribution in [1.82, 2.24) is 0 Å². The van der Waals surface area contributed by atoms with Crippen LogP contribution in [0.3, 0.4) is 0 Å². The third-order valence-electron chi connectivity index (χ3n) is 3.05. The summed E-state index contributed by atoms with van der Waals surface area (Å²) in [4.78, 5) is 0. The van der Waals surface area contributed by atoms with Crippen LogP contribution >= 0.6 is 0 Å². The number of rotatable bonds is 1. The van der Waals surface area contributed by atoms with Crippen LogP contribution in [0.5, 0.6) is 0 Å². The lowest BCUT2D eigenvalue weighted by Gasteiger charge is -2.14. The number of hydrogen-bond acceptors (Lipinski definition) is 1. The molecule has 1 nitrogen and oxygen atoms in total. The minimum atomic E-state index is -0.379. The van der Waals surface area contributed by atoms with Crippen molar-refractivity contribution in [2.24, 2.45) is 0 Å². The summed E-state index contributed by atoms with van der Waals surface area (Å²) >= 11 is 0.